The molecule has 0 fully saturated rings. The normalized spacial score (nSPS) is 15.4. The van der Waals surface area contributed by atoms with Crippen molar-refractivity contribution in [3.8, 4) is 0 Å². The van der Waals surface area contributed by atoms with Crippen molar-refractivity contribution in [1.29, 1.82) is 0 Å². The highest BCUT2D eigenvalue weighted by Crippen LogP contribution is 2.29. The number of rotatable bonds is 4. The van der Waals surface area contributed by atoms with Gasteiger partial charge in [-0.25, -0.2) is 0 Å². The van der Waals surface area contributed by atoms with E-state index in [9.17, 15) is 4.79 Å². The molecule has 4 rings (SSSR count). The maximum absolute atomic E-state index is 12.3. The number of fused-ring (bicyclic) bond motifs is 2. The van der Waals surface area contributed by atoms with Crippen LogP contribution in [0.25, 0.3) is 0 Å². The van der Waals surface area contributed by atoms with Gasteiger partial charge >= 0.3 is 0 Å². The summed E-state index contributed by atoms with van der Waals surface area (Å²) < 4.78 is 0. The van der Waals surface area contributed by atoms with Crippen LogP contribution in [0.2, 0.25) is 0 Å². The smallest absolute Gasteiger partial charge is 0.231 e. The lowest BCUT2D eigenvalue weighted by Gasteiger charge is -2.23. The summed E-state index contributed by atoms with van der Waals surface area (Å²) >= 11 is 0. The van der Waals surface area contributed by atoms with Crippen molar-refractivity contribution in [2.45, 2.75) is 19.8 Å². The molecule has 1 N–H and O–H groups in total. The fourth-order valence-electron chi connectivity index (χ4n) is 3.77. The van der Waals surface area contributed by atoms with Crippen molar-refractivity contribution in [2.24, 2.45) is 4.99 Å². The molecule has 2 aliphatic heterocycles. The summed E-state index contributed by atoms with van der Waals surface area (Å²) in [7, 11) is 0. The van der Waals surface area contributed by atoms with Crippen LogP contribution in [0, 0.1) is 0 Å². The van der Waals surface area contributed by atoms with Crippen LogP contribution in [0.4, 0.5) is 11.4 Å². The molecule has 0 aromatic heterocycles. The predicted molar refractivity (Wildman–Crippen MR) is 121 cm³/mol. The summed E-state index contributed by atoms with van der Waals surface area (Å²) in [4.78, 5) is 21.2. The quantitative estimate of drug-likeness (QED) is 0.419. The SMILES string of the molecule is CCNC(=NCCN1C(=O)Cc2ccccc21)N1CCc2ccccc21.I. The lowest BCUT2D eigenvalue weighted by atomic mass is 10.2. The van der Waals surface area contributed by atoms with Crippen molar-refractivity contribution in [2.75, 3.05) is 36.0 Å². The van der Waals surface area contributed by atoms with Gasteiger partial charge in [-0.15, -0.1) is 24.0 Å². The largest absolute Gasteiger partial charge is 0.356 e. The third-order valence-electron chi connectivity index (χ3n) is 4.99. The Hall–Kier alpha value is -2.09. The number of guanidine groups is 1. The van der Waals surface area contributed by atoms with E-state index in [1.807, 2.05) is 29.2 Å². The van der Waals surface area contributed by atoms with Gasteiger partial charge in [0.05, 0.1) is 13.0 Å². The molecule has 5 nitrogen and oxygen atoms in total. The monoisotopic (exact) mass is 476 g/mol. The Bertz CT molecular complexity index is 852. The van der Waals surface area contributed by atoms with Crippen LogP contribution >= 0.6 is 24.0 Å². The third-order valence-corrected chi connectivity index (χ3v) is 4.99. The zero-order valence-corrected chi connectivity index (χ0v) is 17.8. The number of carbonyl (C=O) groups is 1. The number of para-hydroxylation sites is 2. The Morgan fingerprint density at radius 1 is 1.07 bits per heavy atom. The molecule has 0 radical (unpaired) electrons. The van der Waals surface area contributed by atoms with Crippen LogP contribution in [0.1, 0.15) is 18.1 Å². The van der Waals surface area contributed by atoms with Gasteiger partial charge in [-0.2, -0.15) is 0 Å². The molecule has 0 bridgehead atoms. The van der Waals surface area contributed by atoms with E-state index in [0.29, 0.717) is 19.5 Å². The number of hydrogen-bond donors (Lipinski definition) is 1. The standard InChI is InChI=1S/C21H24N4O.HI/c1-2-22-21(25-13-11-16-7-3-5-9-18(16)25)23-12-14-24-19-10-6-4-8-17(19)15-20(24)26;/h3-10H,2,11-15H2,1H3,(H,22,23);1H. The van der Waals surface area contributed by atoms with E-state index >= 15 is 0 Å². The van der Waals surface area contributed by atoms with Gasteiger partial charge in [0.2, 0.25) is 5.91 Å². The van der Waals surface area contributed by atoms with Crippen LogP contribution in [-0.2, 0) is 17.6 Å². The van der Waals surface area contributed by atoms with E-state index < -0.39 is 0 Å². The molecule has 27 heavy (non-hydrogen) atoms. The second kappa shape index (κ2) is 8.73. The minimum atomic E-state index is 0. The predicted octanol–water partition coefficient (Wildman–Crippen LogP) is 3.22. The minimum absolute atomic E-state index is 0. The third kappa shape index (κ3) is 3.95. The first-order valence-corrected chi connectivity index (χ1v) is 9.30. The maximum atomic E-state index is 12.3. The molecule has 2 aromatic rings. The van der Waals surface area contributed by atoms with Crippen LogP contribution in [0.15, 0.2) is 53.5 Å². The molecule has 2 heterocycles. The molecule has 2 aliphatic rings. The van der Waals surface area contributed by atoms with Gasteiger partial charge in [-0.05, 0) is 36.6 Å². The average molecular weight is 476 g/mol. The molecule has 0 saturated heterocycles. The first-order valence-electron chi connectivity index (χ1n) is 9.30. The van der Waals surface area contributed by atoms with Crippen LogP contribution in [0.5, 0.6) is 0 Å². The zero-order chi connectivity index (χ0) is 17.9. The molecule has 0 spiro atoms. The number of anilines is 2. The van der Waals surface area contributed by atoms with Gasteiger partial charge in [0.25, 0.3) is 0 Å². The molecular weight excluding hydrogens is 451 g/mol. The fraction of sp³-hybridized carbons (Fsp3) is 0.333. The molecular formula is C21H25IN4O. The van der Waals surface area contributed by atoms with Gasteiger partial charge in [0.1, 0.15) is 0 Å². The summed E-state index contributed by atoms with van der Waals surface area (Å²) in [5.74, 6) is 1.07. The average Bonchev–Trinajstić information content (AvgIpc) is 3.22. The van der Waals surface area contributed by atoms with E-state index in [1.165, 1.54) is 11.3 Å². The van der Waals surface area contributed by atoms with E-state index in [4.69, 9.17) is 4.99 Å². The Labute approximate surface area is 177 Å². The number of nitrogens with zero attached hydrogens (tertiary/aromatic N) is 3. The minimum Gasteiger partial charge on any atom is -0.356 e. The van der Waals surface area contributed by atoms with E-state index in [2.05, 4.69) is 41.4 Å². The zero-order valence-electron chi connectivity index (χ0n) is 15.5. The number of halogens is 1. The van der Waals surface area contributed by atoms with Crippen molar-refractivity contribution in [3.63, 3.8) is 0 Å². The van der Waals surface area contributed by atoms with Crippen molar-refractivity contribution in [3.05, 3.63) is 59.7 Å². The molecule has 2 aromatic carbocycles. The lowest BCUT2D eigenvalue weighted by Crippen LogP contribution is -2.41. The molecule has 6 heteroatoms. The number of aliphatic imine (C=N–C) groups is 1. The first-order chi connectivity index (χ1) is 12.8. The molecule has 142 valence electrons. The van der Waals surface area contributed by atoms with Crippen LogP contribution in [-0.4, -0.2) is 38.0 Å². The Balaban J connectivity index is 0.00000210. The summed E-state index contributed by atoms with van der Waals surface area (Å²) in [6, 6.07) is 16.5. The number of nitrogens with one attached hydrogen (secondary N) is 1. The van der Waals surface area contributed by atoms with E-state index in [1.54, 1.807) is 0 Å². The Morgan fingerprint density at radius 2 is 1.78 bits per heavy atom. The van der Waals surface area contributed by atoms with Gasteiger partial charge in [-0.1, -0.05) is 36.4 Å². The highest BCUT2D eigenvalue weighted by atomic mass is 127. The van der Waals surface area contributed by atoms with Crippen molar-refractivity contribution in [1.82, 2.24) is 5.32 Å². The van der Waals surface area contributed by atoms with Gasteiger partial charge in [-0.3, -0.25) is 9.79 Å². The summed E-state index contributed by atoms with van der Waals surface area (Å²) in [6.07, 6.45) is 1.54. The summed E-state index contributed by atoms with van der Waals surface area (Å²) in [6.45, 7) is 5.04. The topological polar surface area (TPSA) is 47.9 Å². The van der Waals surface area contributed by atoms with Crippen LogP contribution < -0.4 is 15.1 Å². The number of hydrogen-bond acceptors (Lipinski definition) is 2. The highest BCUT2D eigenvalue weighted by molar-refractivity contribution is 14.0. The van der Waals surface area contributed by atoms with Gasteiger partial charge in [0.15, 0.2) is 5.96 Å². The molecule has 0 unspecified atom stereocenters. The number of benzene rings is 2. The molecule has 0 aliphatic carbocycles. The maximum Gasteiger partial charge on any atom is 0.231 e. The van der Waals surface area contributed by atoms with Crippen molar-refractivity contribution < 1.29 is 4.79 Å². The van der Waals surface area contributed by atoms with Gasteiger partial charge < -0.3 is 15.1 Å². The van der Waals surface area contributed by atoms with Crippen LogP contribution in [0.3, 0.4) is 0 Å². The molecule has 0 atom stereocenters. The lowest BCUT2D eigenvalue weighted by molar-refractivity contribution is -0.117. The first kappa shape index (κ1) is 19.7. The second-order valence-corrected chi connectivity index (χ2v) is 6.62. The van der Waals surface area contributed by atoms with E-state index in [-0.39, 0.29) is 29.9 Å². The highest BCUT2D eigenvalue weighted by Gasteiger charge is 2.26. The summed E-state index contributed by atoms with van der Waals surface area (Å²) in [5, 5.41) is 3.39. The summed E-state index contributed by atoms with van der Waals surface area (Å²) in [5.41, 5.74) is 4.74. The number of carbonyl (C=O) groups excluding carboxylic acids is 1. The van der Waals surface area contributed by atoms with Crippen molar-refractivity contribution >= 4 is 47.2 Å². The van der Waals surface area contributed by atoms with E-state index in [0.717, 1.165) is 36.7 Å². The fourth-order valence-corrected chi connectivity index (χ4v) is 3.77. The van der Waals surface area contributed by atoms with Gasteiger partial charge in [0, 0.05) is 31.0 Å². The Morgan fingerprint density at radius 3 is 2.56 bits per heavy atom. The second-order valence-electron chi connectivity index (χ2n) is 6.62. The molecule has 1 amide bonds. The Kier molecular flexibility index (Phi) is 6.36. The molecule has 0 saturated carbocycles. The number of amides is 1.